The van der Waals surface area contributed by atoms with Crippen LogP contribution in [0.5, 0.6) is 0 Å². The predicted octanol–water partition coefficient (Wildman–Crippen LogP) is 4.29. The lowest BCUT2D eigenvalue weighted by Crippen LogP contribution is -2.11. The zero-order valence-corrected chi connectivity index (χ0v) is 15.0. The van der Waals surface area contributed by atoms with Crippen molar-refractivity contribution >= 4 is 17.5 Å². The van der Waals surface area contributed by atoms with E-state index in [0.717, 1.165) is 5.56 Å². The summed E-state index contributed by atoms with van der Waals surface area (Å²) in [6, 6.07) is 15.7. The van der Waals surface area contributed by atoms with Crippen LogP contribution in [0.25, 0.3) is 6.08 Å². The molecule has 0 heterocycles. The fourth-order valence-corrected chi connectivity index (χ4v) is 2.41. The third-order valence-electron chi connectivity index (χ3n) is 4.09. The van der Waals surface area contributed by atoms with Crippen LogP contribution >= 0.6 is 0 Å². The molecule has 1 unspecified atom stereocenters. The summed E-state index contributed by atoms with van der Waals surface area (Å²) in [5, 5.41) is 20.0. The lowest BCUT2D eigenvalue weighted by Gasteiger charge is -2.09. The van der Waals surface area contributed by atoms with Crippen LogP contribution in [0, 0.1) is 27.4 Å². The Morgan fingerprint density at radius 1 is 1.30 bits per heavy atom. The third-order valence-corrected chi connectivity index (χ3v) is 4.09. The van der Waals surface area contributed by atoms with Gasteiger partial charge in [0, 0.05) is 24.7 Å². The number of nitro benzene ring substituents is 1. The van der Waals surface area contributed by atoms with E-state index in [9.17, 15) is 14.9 Å². The predicted molar refractivity (Wildman–Crippen MR) is 102 cm³/mol. The van der Waals surface area contributed by atoms with E-state index in [-0.39, 0.29) is 23.0 Å². The van der Waals surface area contributed by atoms with E-state index >= 15 is 0 Å². The van der Waals surface area contributed by atoms with Gasteiger partial charge in [-0.05, 0) is 35.8 Å². The summed E-state index contributed by atoms with van der Waals surface area (Å²) in [6.07, 6.45) is 3.38. The Balaban J connectivity index is 1.89. The van der Waals surface area contributed by atoms with Gasteiger partial charge in [-0.1, -0.05) is 37.3 Å². The molecule has 6 heteroatoms. The van der Waals surface area contributed by atoms with Gasteiger partial charge in [0.1, 0.15) is 0 Å². The van der Waals surface area contributed by atoms with Crippen LogP contribution < -0.4 is 0 Å². The number of rotatable bonds is 9. The molecule has 0 aliphatic heterocycles. The molecule has 0 N–H and O–H groups in total. The molecule has 2 aromatic carbocycles. The molecule has 1 atom stereocenters. The number of allylic oxidation sites excluding steroid dienone is 1. The maximum Gasteiger partial charge on any atom is 0.270 e. The molecule has 6 nitrogen and oxygen atoms in total. The molecular weight excluding hydrogens is 344 g/mol. The first-order chi connectivity index (χ1) is 13.0. The van der Waals surface area contributed by atoms with E-state index in [0.29, 0.717) is 25.2 Å². The van der Waals surface area contributed by atoms with Gasteiger partial charge in [-0.25, -0.2) is 0 Å². The number of carbonyl (C=O) groups excluding carboxylic acids is 1. The number of nitriles is 1. The first-order valence-electron chi connectivity index (χ1n) is 8.53. The van der Waals surface area contributed by atoms with E-state index < -0.39 is 4.92 Å². The number of benzene rings is 2. The van der Waals surface area contributed by atoms with Crippen LogP contribution in [-0.2, 0) is 16.1 Å². The number of ketones is 1. The van der Waals surface area contributed by atoms with Crippen molar-refractivity contribution in [3.05, 3.63) is 81.4 Å². The molecule has 2 aromatic rings. The number of non-ortho nitro benzene ring substituents is 1. The summed E-state index contributed by atoms with van der Waals surface area (Å²) in [5.74, 6) is -0.366. The average molecular weight is 364 g/mol. The highest BCUT2D eigenvalue weighted by atomic mass is 16.6. The Morgan fingerprint density at radius 2 is 2.04 bits per heavy atom. The Hall–Kier alpha value is -3.30. The molecule has 0 fully saturated rings. The fraction of sp³-hybridized carbons (Fsp3) is 0.238. The monoisotopic (exact) mass is 364 g/mol. The number of nitrogens with zero attached hydrogens (tertiary/aromatic N) is 2. The van der Waals surface area contributed by atoms with E-state index in [1.54, 1.807) is 6.92 Å². The lowest BCUT2D eigenvalue weighted by atomic mass is 10.0. The van der Waals surface area contributed by atoms with Gasteiger partial charge in [0.2, 0.25) is 0 Å². The average Bonchev–Trinajstić information content (AvgIpc) is 2.69. The summed E-state index contributed by atoms with van der Waals surface area (Å²) in [5.41, 5.74) is 1.59. The van der Waals surface area contributed by atoms with Crippen LogP contribution in [0.3, 0.4) is 0 Å². The van der Waals surface area contributed by atoms with Crippen molar-refractivity contribution in [2.24, 2.45) is 5.92 Å². The second kappa shape index (κ2) is 10.00. The number of hydrogen-bond acceptors (Lipinski definition) is 5. The van der Waals surface area contributed by atoms with Gasteiger partial charge in [-0.3, -0.25) is 14.9 Å². The summed E-state index contributed by atoms with van der Waals surface area (Å²) in [6.45, 7) is 2.75. The van der Waals surface area contributed by atoms with Crippen LogP contribution in [0.2, 0.25) is 0 Å². The number of nitro groups is 1. The Bertz CT molecular complexity index is 869. The van der Waals surface area contributed by atoms with Gasteiger partial charge in [-0.2, -0.15) is 5.26 Å². The summed E-state index contributed by atoms with van der Waals surface area (Å²) in [4.78, 5) is 22.6. The molecule has 27 heavy (non-hydrogen) atoms. The fourth-order valence-electron chi connectivity index (χ4n) is 2.41. The molecule has 0 saturated heterocycles. The van der Waals surface area contributed by atoms with E-state index in [1.807, 2.05) is 36.4 Å². The quantitative estimate of drug-likeness (QED) is 0.286. The van der Waals surface area contributed by atoms with Crippen molar-refractivity contribution in [1.29, 1.82) is 5.26 Å². The molecule has 0 aliphatic carbocycles. The van der Waals surface area contributed by atoms with Crippen molar-refractivity contribution in [2.75, 3.05) is 6.61 Å². The number of ether oxygens (including phenoxy) is 1. The van der Waals surface area contributed by atoms with Gasteiger partial charge in [0.15, 0.2) is 5.78 Å². The Labute approximate surface area is 157 Å². The molecule has 0 aromatic heterocycles. The van der Waals surface area contributed by atoms with E-state index in [1.165, 1.54) is 30.4 Å². The van der Waals surface area contributed by atoms with Gasteiger partial charge in [0.05, 0.1) is 23.2 Å². The first kappa shape index (κ1) is 20.0. The molecular formula is C21H20N2O4. The highest BCUT2D eigenvalue weighted by Gasteiger charge is 2.12. The van der Waals surface area contributed by atoms with Gasteiger partial charge < -0.3 is 4.74 Å². The Kier molecular flexibility index (Phi) is 7.41. The summed E-state index contributed by atoms with van der Waals surface area (Å²) in [7, 11) is 0. The van der Waals surface area contributed by atoms with E-state index in [4.69, 9.17) is 10.00 Å². The summed E-state index contributed by atoms with van der Waals surface area (Å²) < 4.78 is 5.59. The molecule has 2 rings (SSSR count). The van der Waals surface area contributed by atoms with Crippen molar-refractivity contribution in [1.82, 2.24) is 0 Å². The molecule has 0 radical (unpaired) electrons. The van der Waals surface area contributed by atoms with Crippen LogP contribution in [-0.4, -0.2) is 17.3 Å². The highest BCUT2D eigenvalue weighted by molar-refractivity contribution is 5.95. The van der Waals surface area contributed by atoms with Gasteiger partial charge >= 0.3 is 0 Å². The Morgan fingerprint density at radius 3 is 2.70 bits per heavy atom. The standard InChI is InChI=1S/C21H20N2O4/c1-16(11-12-27-15-17-5-3-2-4-6-17)21(24)10-8-18-13-20(23(25)26)9-7-19(18)14-22/h2-10,13,16H,11-12,15H2,1H3/b10-8+. The minimum atomic E-state index is -0.535. The van der Waals surface area contributed by atoms with Crippen molar-refractivity contribution in [3.8, 4) is 6.07 Å². The van der Waals surface area contributed by atoms with Crippen molar-refractivity contribution in [2.45, 2.75) is 20.0 Å². The zero-order chi connectivity index (χ0) is 19.6. The number of hydrogen-bond donors (Lipinski definition) is 0. The van der Waals surface area contributed by atoms with Crippen LogP contribution in [0.15, 0.2) is 54.6 Å². The highest BCUT2D eigenvalue weighted by Crippen LogP contribution is 2.19. The van der Waals surface area contributed by atoms with Crippen LogP contribution in [0.1, 0.15) is 30.0 Å². The van der Waals surface area contributed by atoms with Crippen LogP contribution in [0.4, 0.5) is 5.69 Å². The summed E-state index contributed by atoms with van der Waals surface area (Å²) >= 11 is 0. The van der Waals surface area contributed by atoms with Gasteiger partial charge in [0.25, 0.3) is 5.69 Å². The SMILES string of the molecule is CC(CCOCc1ccccc1)C(=O)/C=C/c1cc([N+](=O)[O-])ccc1C#N. The minimum Gasteiger partial charge on any atom is -0.377 e. The molecule has 0 bridgehead atoms. The molecule has 0 spiro atoms. The minimum absolute atomic E-state index is 0.117. The number of carbonyl (C=O) groups is 1. The maximum absolute atomic E-state index is 12.2. The second-order valence-corrected chi connectivity index (χ2v) is 6.10. The largest absolute Gasteiger partial charge is 0.377 e. The van der Waals surface area contributed by atoms with Crippen molar-refractivity contribution in [3.63, 3.8) is 0 Å². The smallest absolute Gasteiger partial charge is 0.270 e. The molecule has 0 amide bonds. The van der Waals surface area contributed by atoms with Crippen molar-refractivity contribution < 1.29 is 14.5 Å². The normalized spacial score (nSPS) is 11.9. The lowest BCUT2D eigenvalue weighted by molar-refractivity contribution is -0.384. The molecule has 0 aliphatic rings. The second-order valence-electron chi connectivity index (χ2n) is 6.10. The maximum atomic E-state index is 12.2. The molecule has 0 saturated carbocycles. The van der Waals surface area contributed by atoms with Gasteiger partial charge in [-0.15, -0.1) is 0 Å². The topological polar surface area (TPSA) is 93.2 Å². The van der Waals surface area contributed by atoms with E-state index in [2.05, 4.69) is 0 Å². The molecule has 138 valence electrons. The first-order valence-corrected chi connectivity index (χ1v) is 8.53. The third kappa shape index (κ3) is 6.17. The zero-order valence-electron chi connectivity index (χ0n) is 15.0.